The number of carbonyl (C=O) groups is 1. The fraction of sp³-hybridized carbons (Fsp3) is 0.500. The zero-order chi connectivity index (χ0) is 22.9. The van der Waals surface area contributed by atoms with Crippen LogP contribution in [0.5, 0.6) is 0 Å². The highest BCUT2D eigenvalue weighted by Gasteiger charge is 2.27. The summed E-state index contributed by atoms with van der Waals surface area (Å²) < 4.78 is 0. The largest absolute Gasteiger partial charge is 0.390 e. The lowest BCUT2D eigenvalue weighted by Gasteiger charge is -2.33. The average Bonchev–Trinajstić information content (AvgIpc) is 2.70. The molecule has 0 saturated heterocycles. The highest BCUT2D eigenvalue weighted by Crippen LogP contribution is 2.12. The van der Waals surface area contributed by atoms with Crippen LogP contribution in [0.25, 0.3) is 0 Å². The Morgan fingerprint density at radius 3 is 2.00 bits per heavy atom. The fourth-order valence-corrected chi connectivity index (χ4v) is 3.49. The Kier molecular flexibility index (Phi) is 9.53. The zero-order valence-corrected chi connectivity index (χ0v) is 19.6. The SMILES string of the molecule is CC(C)CN(CC(O)C(Cc1ccccc1)NCc1ccccc1)C(=O)NC(C)(C)C. The van der Waals surface area contributed by atoms with Crippen LogP contribution in [0.4, 0.5) is 4.79 Å². The molecule has 2 atom stereocenters. The number of hydrogen-bond acceptors (Lipinski definition) is 3. The van der Waals surface area contributed by atoms with Crippen molar-refractivity contribution in [1.82, 2.24) is 15.5 Å². The van der Waals surface area contributed by atoms with Gasteiger partial charge in [0.1, 0.15) is 0 Å². The van der Waals surface area contributed by atoms with Crippen LogP contribution < -0.4 is 10.6 Å². The maximum Gasteiger partial charge on any atom is 0.317 e. The van der Waals surface area contributed by atoms with Crippen molar-refractivity contribution in [3.8, 4) is 0 Å². The first-order valence-corrected chi connectivity index (χ1v) is 11.2. The Labute approximate surface area is 187 Å². The summed E-state index contributed by atoms with van der Waals surface area (Å²) >= 11 is 0. The average molecular weight is 426 g/mol. The second-order valence-corrected chi connectivity index (χ2v) is 9.71. The minimum Gasteiger partial charge on any atom is -0.390 e. The molecular formula is C26H39N3O2. The van der Waals surface area contributed by atoms with Crippen LogP contribution in [-0.4, -0.2) is 46.8 Å². The fourth-order valence-electron chi connectivity index (χ4n) is 3.49. The van der Waals surface area contributed by atoms with E-state index in [9.17, 15) is 9.90 Å². The van der Waals surface area contributed by atoms with Crippen molar-refractivity contribution in [3.05, 3.63) is 71.8 Å². The van der Waals surface area contributed by atoms with Gasteiger partial charge in [0.05, 0.1) is 6.10 Å². The maximum atomic E-state index is 12.9. The van der Waals surface area contributed by atoms with Crippen molar-refractivity contribution in [2.45, 2.75) is 65.3 Å². The van der Waals surface area contributed by atoms with E-state index in [0.717, 1.165) is 11.1 Å². The molecule has 0 aliphatic rings. The third-order valence-corrected chi connectivity index (χ3v) is 4.94. The molecule has 5 heteroatoms. The molecule has 0 saturated carbocycles. The van der Waals surface area contributed by atoms with Gasteiger partial charge in [0.15, 0.2) is 0 Å². The Morgan fingerprint density at radius 1 is 0.935 bits per heavy atom. The lowest BCUT2D eigenvalue weighted by Crippen LogP contribution is -2.54. The summed E-state index contributed by atoms with van der Waals surface area (Å²) in [6.45, 7) is 11.6. The van der Waals surface area contributed by atoms with Crippen LogP contribution >= 0.6 is 0 Å². The second kappa shape index (κ2) is 11.9. The van der Waals surface area contributed by atoms with E-state index >= 15 is 0 Å². The molecule has 0 aromatic heterocycles. The third-order valence-electron chi connectivity index (χ3n) is 4.94. The van der Waals surface area contributed by atoms with Crippen molar-refractivity contribution >= 4 is 6.03 Å². The molecule has 2 unspecified atom stereocenters. The van der Waals surface area contributed by atoms with Gasteiger partial charge in [-0.2, -0.15) is 0 Å². The van der Waals surface area contributed by atoms with Gasteiger partial charge in [-0.25, -0.2) is 4.79 Å². The predicted molar refractivity (Wildman–Crippen MR) is 128 cm³/mol. The minimum atomic E-state index is -0.701. The summed E-state index contributed by atoms with van der Waals surface area (Å²) in [5.41, 5.74) is 1.99. The summed E-state index contributed by atoms with van der Waals surface area (Å²) in [6.07, 6.45) is -0.0148. The van der Waals surface area contributed by atoms with Crippen molar-refractivity contribution in [1.29, 1.82) is 0 Å². The molecule has 5 nitrogen and oxygen atoms in total. The van der Waals surface area contributed by atoms with E-state index in [1.54, 1.807) is 4.90 Å². The third kappa shape index (κ3) is 9.53. The summed E-state index contributed by atoms with van der Waals surface area (Å²) in [4.78, 5) is 14.6. The number of nitrogens with zero attached hydrogens (tertiary/aromatic N) is 1. The number of benzene rings is 2. The molecule has 0 heterocycles. The molecule has 2 aromatic carbocycles. The molecule has 31 heavy (non-hydrogen) atoms. The van der Waals surface area contributed by atoms with Crippen LogP contribution in [0.15, 0.2) is 60.7 Å². The second-order valence-electron chi connectivity index (χ2n) is 9.71. The number of nitrogens with one attached hydrogen (secondary N) is 2. The number of amides is 2. The molecule has 0 fully saturated rings. The molecule has 0 bridgehead atoms. The predicted octanol–water partition coefficient (Wildman–Crippen LogP) is 4.21. The Morgan fingerprint density at radius 2 is 1.48 bits per heavy atom. The van der Waals surface area contributed by atoms with Gasteiger partial charge in [-0.15, -0.1) is 0 Å². The number of rotatable bonds is 10. The van der Waals surface area contributed by atoms with Crippen molar-refractivity contribution in [2.24, 2.45) is 5.92 Å². The van der Waals surface area contributed by atoms with E-state index in [0.29, 0.717) is 25.4 Å². The van der Waals surface area contributed by atoms with Crippen LogP contribution in [-0.2, 0) is 13.0 Å². The molecule has 2 amide bonds. The molecule has 0 radical (unpaired) electrons. The Hall–Kier alpha value is -2.37. The molecule has 2 aromatic rings. The number of aliphatic hydroxyl groups is 1. The van der Waals surface area contributed by atoms with Gasteiger partial charge in [0.25, 0.3) is 0 Å². The number of hydrogen-bond donors (Lipinski definition) is 3. The van der Waals surface area contributed by atoms with E-state index in [4.69, 9.17) is 0 Å². The standard InChI is InChI=1S/C26H39N3O2/c1-20(2)18-29(25(31)28-26(3,4)5)19-24(30)23(16-21-12-8-6-9-13-21)27-17-22-14-10-7-11-15-22/h6-15,20,23-24,27,30H,16-19H2,1-5H3,(H,28,31). The first-order chi connectivity index (χ1) is 14.6. The first-order valence-electron chi connectivity index (χ1n) is 11.2. The van der Waals surface area contributed by atoms with Crippen molar-refractivity contribution in [3.63, 3.8) is 0 Å². The van der Waals surface area contributed by atoms with Crippen LogP contribution in [0, 0.1) is 5.92 Å². The van der Waals surface area contributed by atoms with E-state index in [-0.39, 0.29) is 24.2 Å². The van der Waals surface area contributed by atoms with E-state index in [1.165, 1.54) is 0 Å². The van der Waals surface area contributed by atoms with Gasteiger partial charge in [-0.3, -0.25) is 0 Å². The first kappa shape index (κ1) is 24.9. The topological polar surface area (TPSA) is 64.6 Å². The lowest BCUT2D eigenvalue weighted by molar-refractivity contribution is 0.0823. The number of carbonyl (C=O) groups excluding carboxylic acids is 1. The Bertz CT molecular complexity index is 772. The highest BCUT2D eigenvalue weighted by molar-refractivity contribution is 5.75. The smallest absolute Gasteiger partial charge is 0.317 e. The summed E-state index contributed by atoms with van der Waals surface area (Å²) in [6, 6.07) is 20.0. The number of urea groups is 1. The summed E-state index contributed by atoms with van der Waals surface area (Å²) in [7, 11) is 0. The van der Waals surface area contributed by atoms with Crippen LogP contribution in [0.1, 0.15) is 45.7 Å². The maximum absolute atomic E-state index is 12.9. The lowest BCUT2D eigenvalue weighted by atomic mass is 10.00. The van der Waals surface area contributed by atoms with Gasteiger partial charge >= 0.3 is 6.03 Å². The van der Waals surface area contributed by atoms with Gasteiger partial charge < -0.3 is 20.6 Å². The quantitative estimate of drug-likeness (QED) is 0.534. The van der Waals surface area contributed by atoms with Crippen LogP contribution in [0.3, 0.4) is 0 Å². The van der Waals surface area contributed by atoms with Crippen molar-refractivity contribution in [2.75, 3.05) is 13.1 Å². The molecule has 3 N–H and O–H groups in total. The molecule has 2 rings (SSSR count). The van der Waals surface area contributed by atoms with E-state index in [1.807, 2.05) is 57.2 Å². The molecule has 170 valence electrons. The highest BCUT2D eigenvalue weighted by atomic mass is 16.3. The van der Waals surface area contributed by atoms with E-state index in [2.05, 4.69) is 48.7 Å². The summed E-state index contributed by atoms with van der Waals surface area (Å²) in [5.74, 6) is 0.308. The molecule has 0 aliphatic heterocycles. The molecule has 0 spiro atoms. The molecule has 0 aliphatic carbocycles. The van der Waals surface area contributed by atoms with Crippen LogP contribution in [0.2, 0.25) is 0 Å². The number of aliphatic hydroxyl groups excluding tert-OH is 1. The normalized spacial score (nSPS) is 13.6. The van der Waals surface area contributed by atoms with E-state index < -0.39 is 6.10 Å². The van der Waals surface area contributed by atoms with Crippen molar-refractivity contribution < 1.29 is 9.90 Å². The summed E-state index contributed by atoms with van der Waals surface area (Å²) in [5, 5.41) is 17.7. The minimum absolute atomic E-state index is 0.137. The van der Waals surface area contributed by atoms with Gasteiger partial charge in [0, 0.05) is 31.2 Å². The van der Waals surface area contributed by atoms with Gasteiger partial charge in [-0.1, -0.05) is 74.5 Å². The van der Waals surface area contributed by atoms with Gasteiger partial charge in [0.2, 0.25) is 0 Å². The Balaban J connectivity index is 2.13. The zero-order valence-electron chi connectivity index (χ0n) is 19.6. The van der Waals surface area contributed by atoms with Gasteiger partial charge in [-0.05, 0) is 44.2 Å². The molecular weight excluding hydrogens is 386 g/mol. The monoisotopic (exact) mass is 425 g/mol.